The number of halogens is 1. The van der Waals surface area contributed by atoms with Gasteiger partial charge in [-0.2, -0.15) is 5.10 Å². The van der Waals surface area contributed by atoms with E-state index in [4.69, 9.17) is 15.2 Å². The Bertz CT molecular complexity index is 586. The molecule has 5 nitrogen and oxygen atoms in total. The third kappa shape index (κ3) is 4.06. The van der Waals surface area contributed by atoms with Crippen molar-refractivity contribution in [2.45, 2.75) is 19.0 Å². The average molecular weight is 354 g/mol. The summed E-state index contributed by atoms with van der Waals surface area (Å²) in [5, 5.41) is 4.33. The molecule has 1 aromatic carbocycles. The lowest BCUT2D eigenvalue weighted by molar-refractivity contribution is 0.182. The largest absolute Gasteiger partial charge is 0.497 e. The van der Waals surface area contributed by atoms with Crippen molar-refractivity contribution in [3.63, 3.8) is 0 Å². The first-order valence-corrected chi connectivity index (χ1v) is 7.53. The van der Waals surface area contributed by atoms with E-state index in [0.29, 0.717) is 19.6 Å². The Morgan fingerprint density at radius 2 is 2.19 bits per heavy atom. The van der Waals surface area contributed by atoms with Gasteiger partial charge in [0.2, 0.25) is 0 Å². The number of ether oxygens (including phenoxy) is 2. The van der Waals surface area contributed by atoms with Gasteiger partial charge in [0.15, 0.2) is 0 Å². The van der Waals surface area contributed by atoms with Crippen molar-refractivity contribution in [1.82, 2.24) is 9.78 Å². The molecule has 0 fully saturated rings. The van der Waals surface area contributed by atoms with Crippen molar-refractivity contribution < 1.29 is 9.47 Å². The van der Waals surface area contributed by atoms with Crippen LogP contribution >= 0.6 is 15.9 Å². The molecule has 0 spiro atoms. The van der Waals surface area contributed by atoms with Crippen molar-refractivity contribution in [2.24, 2.45) is 5.73 Å². The number of benzene rings is 1. The maximum atomic E-state index is 6.36. The molecule has 0 amide bonds. The van der Waals surface area contributed by atoms with E-state index in [2.05, 4.69) is 21.0 Å². The zero-order valence-corrected chi connectivity index (χ0v) is 13.8. The van der Waals surface area contributed by atoms with Crippen LogP contribution in [-0.2, 0) is 17.7 Å². The fourth-order valence-corrected chi connectivity index (χ4v) is 2.84. The Morgan fingerprint density at radius 3 is 2.90 bits per heavy atom. The molecule has 0 saturated carbocycles. The van der Waals surface area contributed by atoms with Crippen LogP contribution in [0.5, 0.6) is 5.75 Å². The van der Waals surface area contributed by atoms with E-state index in [1.165, 1.54) is 0 Å². The zero-order chi connectivity index (χ0) is 15.2. The first-order valence-electron chi connectivity index (χ1n) is 6.74. The predicted molar refractivity (Wildman–Crippen MR) is 85.4 cm³/mol. The van der Waals surface area contributed by atoms with E-state index >= 15 is 0 Å². The summed E-state index contributed by atoms with van der Waals surface area (Å²) in [7, 11) is 3.34. The average Bonchev–Trinajstić information content (AvgIpc) is 2.86. The Labute approximate surface area is 133 Å². The molecule has 0 bridgehead atoms. The molecule has 1 heterocycles. The minimum absolute atomic E-state index is 0.147. The summed E-state index contributed by atoms with van der Waals surface area (Å²) < 4.78 is 13.2. The molecular weight excluding hydrogens is 334 g/mol. The number of aromatic nitrogens is 2. The second-order valence-electron chi connectivity index (χ2n) is 4.76. The van der Waals surface area contributed by atoms with Gasteiger partial charge >= 0.3 is 0 Å². The van der Waals surface area contributed by atoms with Crippen molar-refractivity contribution in [1.29, 1.82) is 0 Å². The maximum absolute atomic E-state index is 6.36. The van der Waals surface area contributed by atoms with Crippen LogP contribution in [0, 0.1) is 0 Å². The molecule has 114 valence electrons. The number of methoxy groups -OCH3 is 2. The molecule has 0 saturated heterocycles. The Morgan fingerprint density at radius 1 is 1.38 bits per heavy atom. The van der Waals surface area contributed by atoms with E-state index in [0.717, 1.165) is 21.5 Å². The highest BCUT2D eigenvalue weighted by molar-refractivity contribution is 9.10. The van der Waals surface area contributed by atoms with Gasteiger partial charge in [-0.05, 0) is 40.0 Å². The predicted octanol–water partition coefficient (Wildman–Crippen LogP) is 2.54. The van der Waals surface area contributed by atoms with E-state index in [1.54, 1.807) is 20.4 Å². The highest BCUT2D eigenvalue weighted by Crippen LogP contribution is 2.25. The minimum atomic E-state index is -0.147. The molecule has 0 aliphatic carbocycles. The Hall–Kier alpha value is -1.37. The Balaban J connectivity index is 2.15. The summed E-state index contributed by atoms with van der Waals surface area (Å²) in [6, 6.07) is 7.80. The first-order chi connectivity index (χ1) is 10.2. The van der Waals surface area contributed by atoms with Gasteiger partial charge in [-0.1, -0.05) is 12.1 Å². The zero-order valence-electron chi connectivity index (χ0n) is 12.3. The van der Waals surface area contributed by atoms with Gasteiger partial charge in [0, 0.05) is 7.11 Å². The van der Waals surface area contributed by atoms with E-state index < -0.39 is 0 Å². The van der Waals surface area contributed by atoms with Gasteiger partial charge in [0.25, 0.3) is 0 Å². The van der Waals surface area contributed by atoms with Gasteiger partial charge in [0.1, 0.15) is 5.75 Å². The summed E-state index contributed by atoms with van der Waals surface area (Å²) in [4.78, 5) is 0. The molecule has 0 aliphatic rings. The molecule has 6 heteroatoms. The van der Waals surface area contributed by atoms with Crippen LogP contribution in [0.3, 0.4) is 0 Å². The van der Waals surface area contributed by atoms with Gasteiger partial charge in [-0.15, -0.1) is 0 Å². The fraction of sp³-hybridized carbons (Fsp3) is 0.400. The van der Waals surface area contributed by atoms with Gasteiger partial charge in [0.05, 0.1) is 42.7 Å². The van der Waals surface area contributed by atoms with Crippen molar-refractivity contribution in [3.05, 3.63) is 46.2 Å². The fourth-order valence-electron chi connectivity index (χ4n) is 2.25. The van der Waals surface area contributed by atoms with Gasteiger partial charge in [-0.3, -0.25) is 4.68 Å². The molecule has 0 aliphatic heterocycles. The van der Waals surface area contributed by atoms with Crippen molar-refractivity contribution in [3.8, 4) is 5.75 Å². The second kappa shape index (κ2) is 7.59. The second-order valence-corrected chi connectivity index (χ2v) is 5.61. The van der Waals surface area contributed by atoms with Crippen molar-refractivity contribution in [2.75, 3.05) is 20.8 Å². The van der Waals surface area contributed by atoms with Crippen LogP contribution in [0.15, 0.2) is 34.9 Å². The van der Waals surface area contributed by atoms with Crippen LogP contribution in [0.1, 0.15) is 17.3 Å². The molecule has 21 heavy (non-hydrogen) atoms. The summed E-state index contributed by atoms with van der Waals surface area (Å²) in [5.41, 5.74) is 8.48. The standard InChI is InChI=1S/C15H20BrN3O2/c1-20-7-6-19-15(13(16)10-18-19)14(17)9-11-4-3-5-12(8-11)21-2/h3-5,8,10,14H,6-7,9,17H2,1-2H3. The topological polar surface area (TPSA) is 62.3 Å². The van der Waals surface area contributed by atoms with E-state index in [1.807, 2.05) is 28.9 Å². The third-order valence-corrected chi connectivity index (χ3v) is 3.89. The van der Waals surface area contributed by atoms with Gasteiger partial charge in [-0.25, -0.2) is 0 Å². The smallest absolute Gasteiger partial charge is 0.119 e. The number of hydrogen-bond donors (Lipinski definition) is 1. The SMILES string of the molecule is COCCn1ncc(Br)c1C(N)Cc1cccc(OC)c1. The number of nitrogens with zero attached hydrogens (tertiary/aromatic N) is 2. The number of nitrogens with two attached hydrogens (primary N) is 1. The summed E-state index contributed by atoms with van der Waals surface area (Å²) in [6.45, 7) is 1.29. The molecular formula is C15H20BrN3O2. The number of hydrogen-bond acceptors (Lipinski definition) is 4. The first kappa shape index (κ1) is 16.0. The van der Waals surface area contributed by atoms with Crippen molar-refractivity contribution >= 4 is 15.9 Å². The lowest BCUT2D eigenvalue weighted by atomic mass is 10.0. The summed E-state index contributed by atoms with van der Waals surface area (Å²) >= 11 is 3.52. The third-order valence-electron chi connectivity index (χ3n) is 3.28. The van der Waals surface area contributed by atoms with Crippen LogP contribution < -0.4 is 10.5 Å². The molecule has 2 rings (SSSR count). The molecule has 1 atom stereocenters. The lowest BCUT2D eigenvalue weighted by Gasteiger charge is -2.15. The normalized spacial score (nSPS) is 12.4. The summed E-state index contributed by atoms with van der Waals surface area (Å²) in [6.07, 6.45) is 2.49. The van der Waals surface area contributed by atoms with Crippen LogP contribution in [-0.4, -0.2) is 30.6 Å². The lowest BCUT2D eigenvalue weighted by Crippen LogP contribution is -2.20. The maximum Gasteiger partial charge on any atom is 0.119 e. The van der Waals surface area contributed by atoms with Crippen LogP contribution in [0.25, 0.3) is 0 Å². The van der Waals surface area contributed by atoms with Gasteiger partial charge < -0.3 is 15.2 Å². The molecule has 1 unspecified atom stereocenters. The van der Waals surface area contributed by atoms with Crippen LogP contribution in [0.4, 0.5) is 0 Å². The van der Waals surface area contributed by atoms with Crippen LogP contribution in [0.2, 0.25) is 0 Å². The highest BCUT2D eigenvalue weighted by Gasteiger charge is 2.17. The molecule has 2 aromatic rings. The Kier molecular flexibility index (Phi) is 5.78. The quantitative estimate of drug-likeness (QED) is 0.830. The minimum Gasteiger partial charge on any atom is -0.497 e. The monoisotopic (exact) mass is 353 g/mol. The van der Waals surface area contributed by atoms with E-state index in [-0.39, 0.29) is 6.04 Å². The molecule has 1 aromatic heterocycles. The molecule has 0 radical (unpaired) electrons. The summed E-state index contributed by atoms with van der Waals surface area (Å²) in [5.74, 6) is 0.839. The van der Waals surface area contributed by atoms with E-state index in [9.17, 15) is 0 Å². The molecule has 2 N–H and O–H groups in total. The highest BCUT2D eigenvalue weighted by atomic mass is 79.9. The number of rotatable bonds is 7.